The molecule has 0 saturated heterocycles. The third-order valence-corrected chi connectivity index (χ3v) is 4.90. The fourth-order valence-electron chi connectivity index (χ4n) is 3.16. The van der Waals surface area contributed by atoms with Crippen molar-refractivity contribution >= 4 is 11.9 Å². The highest BCUT2D eigenvalue weighted by Crippen LogP contribution is 2.35. The van der Waals surface area contributed by atoms with E-state index in [1.54, 1.807) is 37.3 Å². The maximum Gasteiger partial charge on any atom is 0.341 e. The zero-order valence-electron chi connectivity index (χ0n) is 17.5. The van der Waals surface area contributed by atoms with E-state index in [4.69, 9.17) is 14.2 Å². The van der Waals surface area contributed by atoms with Crippen LogP contribution < -0.4 is 14.8 Å². The molecule has 0 saturated carbocycles. The number of esters is 1. The second-order valence-electron chi connectivity index (χ2n) is 6.63. The monoisotopic (exact) mass is 417 g/mol. The number of carbonyl (C=O) groups is 2. The summed E-state index contributed by atoms with van der Waals surface area (Å²) in [6.07, 6.45) is 0.525. The van der Waals surface area contributed by atoms with Gasteiger partial charge >= 0.3 is 5.97 Å². The van der Waals surface area contributed by atoms with Crippen molar-refractivity contribution in [3.8, 4) is 17.2 Å². The van der Waals surface area contributed by atoms with Crippen LogP contribution in [0.1, 0.15) is 39.9 Å². The molecule has 2 aromatic rings. The number of aromatic hydroxyl groups is 1. The summed E-state index contributed by atoms with van der Waals surface area (Å²) in [5.74, 6) is -0.842. The number of methoxy groups -OCH3 is 3. The molecule has 0 aliphatic carbocycles. The fourth-order valence-corrected chi connectivity index (χ4v) is 3.16. The summed E-state index contributed by atoms with van der Waals surface area (Å²) in [5.41, 5.74) is 2.00. The van der Waals surface area contributed by atoms with Crippen LogP contribution in [0.4, 0.5) is 0 Å². The summed E-state index contributed by atoms with van der Waals surface area (Å²) in [4.78, 5) is 24.3. The summed E-state index contributed by atoms with van der Waals surface area (Å²) in [5, 5.41) is 22.7. The highest BCUT2D eigenvalue weighted by atomic mass is 16.5. The maximum absolute atomic E-state index is 12.6. The van der Waals surface area contributed by atoms with Crippen LogP contribution in [0.2, 0.25) is 0 Å². The van der Waals surface area contributed by atoms with E-state index in [0.29, 0.717) is 29.8 Å². The topological polar surface area (TPSA) is 114 Å². The van der Waals surface area contributed by atoms with E-state index in [9.17, 15) is 19.8 Å². The average molecular weight is 417 g/mol. The molecular weight excluding hydrogens is 390 g/mol. The largest absolute Gasteiger partial charge is 0.504 e. The summed E-state index contributed by atoms with van der Waals surface area (Å²) in [6.45, 7) is 1.65. The Morgan fingerprint density at radius 2 is 1.77 bits per heavy atom. The van der Waals surface area contributed by atoms with E-state index in [1.807, 2.05) is 0 Å². The average Bonchev–Trinajstić information content (AvgIpc) is 2.77. The van der Waals surface area contributed by atoms with Crippen molar-refractivity contribution in [2.45, 2.75) is 25.9 Å². The van der Waals surface area contributed by atoms with Gasteiger partial charge in [0.25, 0.3) is 0 Å². The quantitative estimate of drug-likeness (QED) is 0.536. The molecule has 2 rings (SSSR count). The molecule has 2 aromatic carbocycles. The number of ether oxygens (including phenoxy) is 3. The smallest absolute Gasteiger partial charge is 0.341 e. The molecule has 0 spiro atoms. The van der Waals surface area contributed by atoms with Crippen molar-refractivity contribution in [1.29, 1.82) is 0 Å². The summed E-state index contributed by atoms with van der Waals surface area (Å²) in [7, 11) is 4.19. The molecule has 1 unspecified atom stereocenters. The van der Waals surface area contributed by atoms with Crippen molar-refractivity contribution in [1.82, 2.24) is 5.32 Å². The first-order valence-corrected chi connectivity index (χ1v) is 9.40. The number of rotatable bonds is 9. The second-order valence-corrected chi connectivity index (χ2v) is 6.63. The molecule has 0 fully saturated rings. The normalized spacial score (nSPS) is 11.5. The van der Waals surface area contributed by atoms with Gasteiger partial charge in [-0.25, -0.2) is 4.79 Å². The maximum atomic E-state index is 12.6. The summed E-state index contributed by atoms with van der Waals surface area (Å²) in [6, 6.07) is 8.34. The first kappa shape index (κ1) is 23.0. The molecular formula is C22H27NO7. The van der Waals surface area contributed by atoms with Crippen LogP contribution in [-0.2, 0) is 22.6 Å². The SMILES string of the molecule is COC(=O)c1ccc(CCNC(=O)C(C)c2ccc(OC)c(O)c2CO)cc1OC. The number of amides is 1. The first-order valence-electron chi connectivity index (χ1n) is 9.40. The van der Waals surface area contributed by atoms with Gasteiger partial charge in [-0.05, 0) is 42.7 Å². The van der Waals surface area contributed by atoms with E-state index in [-0.39, 0.29) is 23.0 Å². The Bertz CT molecular complexity index is 911. The van der Waals surface area contributed by atoms with Crippen LogP contribution in [0.15, 0.2) is 30.3 Å². The third-order valence-electron chi connectivity index (χ3n) is 4.90. The molecule has 0 bridgehead atoms. The molecule has 3 N–H and O–H groups in total. The lowest BCUT2D eigenvalue weighted by Gasteiger charge is -2.18. The van der Waals surface area contributed by atoms with Gasteiger partial charge in [0.2, 0.25) is 5.91 Å². The van der Waals surface area contributed by atoms with Gasteiger partial charge in [-0.2, -0.15) is 0 Å². The van der Waals surface area contributed by atoms with Gasteiger partial charge in [0.1, 0.15) is 11.3 Å². The Balaban J connectivity index is 2.04. The molecule has 8 heteroatoms. The Hall–Kier alpha value is -3.26. The minimum Gasteiger partial charge on any atom is -0.504 e. The second kappa shape index (κ2) is 10.5. The summed E-state index contributed by atoms with van der Waals surface area (Å²) >= 11 is 0. The predicted octanol–water partition coefficient (Wildman–Crippen LogP) is 2.15. The fraction of sp³-hybridized carbons (Fsp3) is 0.364. The van der Waals surface area contributed by atoms with Crippen molar-refractivity contribution < 1.29 is 34.0 Å². The van der Waals surface area contributed by atoms with Gasteiger partial charge in [-0.3, -0.25) is 4.79 Å². The molecule has 162 valence electrons. The zero-order valence-corrected chi connectivity index (χ0v) is 17.5. The molecule has 1 atom stereocenters. The Morgan fingerprint density at radius 1 is 1.07 bits per heavy atom. The van der Waals surface area contributed by atoms with E-state index >= 15 is 0 Å². The number of hydrogen-bond donors (Lipinski definition) is 3. The third kappa shape index (κ3) is 5.01. The summed E-state index contributed by atoms with van der Waals surface area (Å²) < 4.78 is 15.0. The van der Waals surface area contributed by atoms with E-state index in [2.05, 4.69) is 5.32 Å². The molecule has 1 amide bonds. The molecule has 30 heavy (non-hydrogen) atoms. The molecule has 8 nitrogen and oxygen atoms in total. The van der Waals surface area contributed by atoms with Crippen LogP contribution in [0, 0.1) is 0 Å². The van der Waals surface area contributed by atoms with E-state index < -0.39 is 18.5 Å². The molecule has 0 radical (unpaired) electrons. The van der Waals surface area contributed by atoms with Gasteiger partial charge < -0.3 is 29.7 Å². The minimum absolute atomic E-state index is 0.171. The molecule has 0 aromatic heterocycles. The Labute approximate surface area is 175 Å². The predicted molar refractivity (Wildman–Crippen MR) is 110 cm³/mol. The van der Waals surface area contributed by atoms with Crippen LogP contribution in [0.25, 0.3) is 0 Å². The van der Waals surface area contributed by atoms with Crippen molar-refractivity contribution in [2.75, 3.05) is 27.9 Å². The molecule has 0 aliphatic heterocycles. The van der Waals surface area contributed by atoms with Gasteiger partial charge in [0.05, 0.1) is 33.9 Å². The Morgan fingerprint density at radius 3 is 2.37 bits per heavy atom. The lowest BCUT2D eigenvalue weighted by molar-refractivity contribution is -0.122. The number of hydrogen-bond acceptors (Lipinski definition) is 7. The molecule has 0 heterocycles. The van der Waals surface area contributed by atoms with Gasteiger partial charge in [-0.15, -0.1) is 0 Å². The van der Waals surface area contributed by atoms with Gasteiger partial charge in [0, 0.05) is 12.1 Å². The number of benzene rings is 2. The van der Waals surface area contributed by atoms with Crippen molar-refractivity contribution in [3.05, 3.63) is 52.6 Å². The highest BCUT2D eigenvalue weighted by molar-refractivity contribution is 5.92. The number of aliphatic hydroxyl groups is 1. The lowest BCUT2D eigenvalue weighted by atomic mass is 9.94. The van der Waals surface area contributed by atoms with Crippen LogP contribution >= 0.6 is 0 Å². The van der Waals surface area contributed by atoms with Crippen LogP contribution in [-0.4, -0.2) is 50.0 Å². The van der Waals surface area contributed by atoms with E-state index in [1.165, 1.54) is 21.3 Å². The van der Waals surface area contributed by atoms with Gasteiger partial charge in [-0.1, -0.05) is 12.1 Å². The number of aliphatic hydroxyl groups excluding tert-OH is 1. The zero-order chi connectivity index (χ0) is 22.3. The van der Waals surface area contributed by atoms with E-state index in [0.717, 1.165) is 5.56 Å². The van der Waals surface area contributed by atoms with Crippen LogP contribution in [0.5, 0.6) is 17.2 Å². The number of carbonyl (C=O) groups excluding carboxylic acids is 2. The first-order chi connectivity index (χ1) is 14.4. The Kier molecular flexibility index (Phi) is 8.06. The van der Waals surface area contributed by atoms with Gasteiger partial charge in [0.15, 0.2) is 11.5 Å². The van der Waals surface area contributed by atoms with Crippen molar-refractivity contribution in [3.63, 3.8) is 0 Å². The van der Waals surface area contributed by atoms with Crippen LogP contribution in [0.3, 0.4) is 0 Å². The number of phenols is 1. The van der Waals surface area contributed by atoms with Crippen molar-refractivity contribution in [2.24, 2.45) is 0 Å². The highest BCUT2D eigenvalue weighted by Gasteiger charge is 2.22. The number of nitrogens with one attached hydrogen (secondary N) is 1. The molecule has 0 aliphatic rings. The minimum atomic E-state index is -0.583. The lowest BCUT2D eigenvalue weighted by Crippen LogP contribution is -2.30. The standard InChI is InChI=1S/C22H27NO7/c1-13(15-7-8-18(28-2)20(25)17(15)12-24)21(26)23-10-9-14-5-6-16(22(27)30-4)19(11-14)29-3/h5-8,11,13,24-25H,9-10,12H2,1-4H3,(H,23,26).